The molecule has 1 aliphatic rings. The average molecular weight is 737 g/mol. The van der Waals surface area contributed by atoms with Gasteiger partial charge in [-0.3, -0.25) is 4.79 Å². The lowest BCUT2D eigenvalue weighted by atomic mass is 9.71. The highest BCUT2D eigenvalue weighted by atomic mass is 16.5. The predicted molar refractivity (Wildman–Crippen MR) is 232 cm³/mol. The number of unbranched alkanes of at least 4 members (excludes halogenated alkanes) is 2. The second kappa shape index (κ2) is 22.9. The van der Waals surface area contributed by atoms with Crippen molar-refractivity contribution in [3.05, 3.63) is 18.2 Å². The Balaban J connectivity index is 2.63. The molecule has 0 aromatic heterocycles. The van der Waals surface area contributed by atoms with E-state index in [1.54, 1.807) is 5.01 Å². The maximum Gasteiger partial charge on any atom is 0.294 e. The van der Waals surface area contributed by atoms with Crippen LogP contribution in [0.1, 0.15) is 180 Å². The first-order valence-corrected chi connectivity index (χ1v) is 22.0. The van der Waals surface area contributed by atoms with Gasteiger partial charge in [-0.2, -0.15) is 5.10 Å². The monoisotopic (exact) mass is 737 g/mol. The second-order valence-corrected chi connectivity index (χ2v) is 18.9. The van der Waals surface area contributed by atoms with E-state index in [1.165, 1.54) is 38.5 Å². The third kappa shape index (κ3) is 16.1. The van der Waals surface area contributed by atoms with Crippen LogP contribution >= 0.6 is 0 Å². The molecule has 1 heterocycles. The topological polar surface area (TPSA) is 57.5 Å². The molecule has 0 aliphatic carbocycles. The maximum atomic E-state index is 14.3. The fraction of sp³-hybridized carbons (Fsp3) is 0.809. The summed E-state index contributed by atoms with van der Waals surface area (Å²) in [6, 6.07) is 6.40. The first-order valence-electron chi connectivity index (χ1n) is 22.0. The molecule has 0 saturated carbocycles. The molecule has 5 atom stereocenters. The maximum absolute atomic E-state index is 14.3. The number of rotatable bonds is 26. The van der Waals surface area contributed by atoms with Gasteiger partial charge < -0.3 is 9.64 Å². The number of carbonyl (C=O) groups excluding carboxylic acids is 1. The minimum Gasteiger partial charge on any atom is -0.491 e. The van der Waals surface area contributed by atoms with Crippen molar-refractivity contribution in [2.24, 2.45) is 50.5 Å². The third-order valence-corrected chi connectivity index (χ3v) is 11.3. The van der Waals surface area contributed by atoms with Gasteiger partial charge >= 0.3 is 0 Å². The summed E-state index contributed by atoms with van der Waals surface area (Å²) in [7, 11) is 0. The van der Waals surface area contributed by atoms with Gasteiger partial charge in [-0.15, -0.1) is 0 Å². The predicted octanol–water partition coefficient (Wildman–Crippen LogP) is 13.5. The summed E-state index contributed by atoms with van der Waals surface area (Å²) in [5.41, 5.74) is 3.52. The lowest BCUT2D eigenvalue weighted by molar-refractivity contribution is -0.124. The van der Waals surface area contributed by atoms with E-state index in [1.807, 2.05) is 0 Å². The molecule has 0 spiro atoms. The van der Waals surface area contributed by atoms with Crippen molar-refractivity contribution in [1.29, 1.82) is 0 Å². The molecule has 2 rings (SSSR count). The number of hydrogen-bond donors (Lipinski definition) is 0. The van der Waals surface area contributed by atoms with E-state index < -0.39 is 0 Å². The number of hydrogen-bond acceptors (Lipinski definition) is 5. The van der Waals surface area contributed by atoms with Gasteiger partial charge in [-0.25, -0.2) is 10.0 Å². The van der Waals surface area contributed by atoms with E-state index >= 15 is 0 Å². The molecule has 0 N–H and O–H groups in total. The van der Waals surface area contributed by atoms with Crippen LogP contribution in [0.25, 0.3) is 0 Å². The van der Waals surface area contributed by atoms with Gasteiger partial charge in [-0.05, 0) is 99.5 Å². The average Bonchev–Trinajstić information content (AvgIpc) is 3.36. The largest absolute Gasteiger partial charge is 0.491 e. The summed E-state index contributed by atoms with van der Waals surface area (Å²) in [5, 5.41) is 6.81. The molecular weight excluding hydrogens is 653 g/mol. The molecule has 0 fully saturated rings. The van der Waals surface area contributed by atoms with Crippen LogP contribution in [0.2, 0.25) is 0 Å². The molecule has 1 aromatic rings. The molecule has 1 amide bonds. The number of nitrogens with zero attached hydrogens (tertiary/aromatic N) is 4. The fourth-order valence-corrected chi connectivity index (χ4v) is 8.99. The second-order valence-electron chi connectivity index (χ2n) is 18.9. The van der Waals surface area contributed by atoms with Gasteiger partial charge in [0.2, 0.25) is 0 Å². The van der Waals surface area contributed by atoms with E-state index in [4.69, 9.17) is 14.8 Å². The van der Waals surface area contributed by atoms with E-state index in [9.17, 15) is 4.79 Å². The molecule has 6 nitrogen and oxygen atoms in total. The van der Waals surface area contributed by atoms with Crippen molar-refractivity contribution in [2.45, 2.75) is 180 Å². The van der Waals surface area contributed by atoms with Gasteiger partial charge in [0.15, 0.2) is 5.71 Å². The van der Waals surface area contributed by atoms with Crippen LogP contribution in [0.15, 0.2) is 28.3 Å². The first-order chi connectivity index (χ1) is 25.0. The molecule has 6 heteroatoms. The minimum atomic E-state index is -0.0533. The van der Waals surface area contributed by atoms with Crippen LogP contribution in [0.5, 0.6) is 5.75 Å². The number of amides is 1. The molecule has 0 saturated heterocycles. The molecule has 1 aliphatic heterocycles. The number of anilines is 1. The van der Waals surface area contributed by atoms with Crippen LogP contribution in [0.3, 0.4) is 0 Å². The number of ether oxygens (including phenoxy) is 1. The number of benzene rings is 1. The van der Waals surface area contributed by atoms with E-state index in [0.717, 1.165) is 80.9 Å². The Morgan fingerprint density at radius 3 is 1.98 bits per heavy atom. The normalized spacial score (nSPS) is 17.9. The van der Waals surface area contributed by atoms with Gasteiger partial charge in [0.05, 0.1) is 12.3 Å². The van der Waals surface area contributed by atoms with E-state index in [-0.39, 0.29) is 16.7 Å². The van der Waals surface area contributed by atoms with Crippen molar-refractivity contribution in [2.75, 3.05) is 31.1 Å². The summed E-state index contributed by atoms with van der Waals surface area (Å²) in [6.07, 6.45) is 14.5. The van der Waals surface area contributed by atoms with Crippen molar-refractivity contribution >= 4 is 28.7 Å². The Labute approximate surface area is 328 Å². The minimum absolute atomic E-state index is 0.00245. The Morgan fingerprint density at radius 1 is 0.830 bits per heavy atom. The molecule has 0 bridgehead atoms. The number of carbonyl (C=O) groups is 1. The summed E-state index contributed by atoms with van der Waals surface area (Å²) >= 11 is 0. The van der Waals surface area contributed by atoms with E-state index in [2.05, 4.69) is 120 Å². The number of hydrazone groups is 1. The van der Waals surface area contributed by atoms with Crippen LogP contribution in [0, 0.1) is 40.4 Å². The fourth-order valence-electron chi connectivity index (χ4n) is 8.99. The summed E-state index contributed by atoms with van der Waals surface area (Å²) < 4.78 is 7.01. The van der Waals surface area contributed by atoms with Crippen LogP contribution in [-0.2, 0) is 4.79 Å². The molecule has 1 aromatic carbocycles. The quantitative estimate of drug-likeness (QED) is 0.0951. The zero-order valence-corrected chi connectivity index (χ0v) is 37.2. The van der Waals surface area contributed by atoms with Gasteiger partial charge in [0, 0.05) is 36.8 Å². The van der Waals surface area contributed by atoms with Crippen LogP contribution in [-0.4, -0.2) is 48.6 Å². The van der Waals surface area contributed by atoms with Crippen molar-refractivity contribution < 1.29 is 9.53 Å². The first kappa shape index (κ1) is 46.8. The number of aliphatic imine (C=N–C) groups is 1. The van der Waals surface area contributed by atoms with Gasteiger partial charge in [-0.1, -0.05) is 128 Å². The molecule has 0 radical (unpaired) electrons. The molecule has 5 unspecified atom stereocenters. The highest BCUT2D eigenvalue weighted by Gasteiger charge is 2.35. The zero-order chi connectivity index (χ0) is 39.8. The van der Waals surface area contributed by atoms with Crippen molar-refractivity contribution in [3.63, 3.8) is 0 Å². The standard InChI is InChI=1S/C47H84N4O2/c1-15-21-23-38(17-3)28-42-44(45(52)51(49-42)33-39(18-4)24-22-16-2)48-41-26-25-40(50(19-5)20-6)29-43(41)53-34-47(14,31-36(9)27-35(7)8)32-37(10)30-46(11,12)13/h25-26,29,35-39H,15-24,27-28,30-34H2,1-14H3. The smallest absolute Gasteiger partial charge is 0.294 e. The van der Waals surface area contributed by atoms with Crippen LogP contribution < -0.4 is 9.64 Å². The SMILES string of the molecule is CCCCC(CC)CC1=NN(CC(CC)CCCC)C(=O)C1=Nc1ccc(N(CC)CC)cc1OCC(C)(CC(C)CC(C)C)CC(C)CC(C)(C)C. The Morgan fingerprint density at radius 2 is 1.43 bits per heavy atom. The molecular formula is C47H84N4O2. The van der Waals surface area contributed by atoms with Crippen molar-refractivity contribution in [1.82, 2.24) is 5.01 Å². The summed E-state index contributed by atoms with van der Waals surface area (Å²) in [4.78, 5) is 21.9. The Hall–Kier alpha value is -2.37. The summed E-state index contributed by atoms with van der Waals surface area (Å²) in [5.74, 6) is 3.50. The summed E-state index contributed by atoms with van der Waals surface area (Å²) in [6.45, 7) is 35.5. The Bertz CT molecular complexity index is 1280. The van der Waals surface area contributed by atoms with Gasteiger partial charge in [0.25, 0.3) is 5.91 Å². The highest BCUT2D eigenvalue weighted by Crippen LogP contribution is 2.41. The molecule has 304 valence electrons. The highest BCUT2D eigenvalue weighted by molar-refractivity contribution is 6.69. The van der Waals surface area contributed by atoms with Crippen molar-refractivity contribution in [3.8, 4) is 5.75 Å². The molecule has 53 heavy (non-hydrogen) atoms. The van der Waals surface area contributed by atoms with Crippen LogP contribution in [0.4, 0.5) is 11.4 Å². The lowest BCUT2D eigenvalue weighted by Gasteiger charge is -2.36. The van der Waals surface area contributed by atoms with Gasteiger partial charge in [0.1, 0.15) is 11.4 Å². The third-order valence-electron chi connectivity index (χ3n) is 11.3. The lowest BCUT2D eigenvalue weighted by Crippen LogP contribution is -2.32. The zero-order valence-electron chi connectivity index (χ0n) is 37.2. The van der Waals surface area contributed by atoms with E-state index in [0.29, 0.717) is 48.5 Å². The Kier molecular flexibility index (Phi) is 20.2.